The van der Waals surface area contributed by atoms with Crippen LogP contribution in [0.4, 0.5) is 13.2 Å². The van der Waals surface area contributed by atoms with Crippen LogP contribution in [0, 0.1) is 29.8 Å². The van der Waals surface area contributed by atoms with Crippen LogP contribution in [-0.4, -0.2) is 38.7 Å². The third-order valence-corrected chi connectivity index (χ3v) is 8.33. The Bertz CT molecular complexity index is 1440. The fraction of sp³-hybridized carbons (Fsp3) is 0.379. The third kappa shape index (κ3) is 6.25. The lowest BCUT2D eigenvalue weighted by Crippen LogP contribution is -2.36. The molecule has 6 nitrogen and oxygen atoms in total. The summed E-state index contributed by atoms with van der Waals surface area (Å²) in [5.74, 6) is -3.53. The van der Waals surface area contributed by atoms with Crippen LogP contribution < -0.4 is 0 Å². The van der Waals surface area contributed by atoms with Crippen LogP contribution in [0.5, 0.6) is 0 Å². The summed E-state index contributed by atoms with van der Waals surface area (Å²) in [6.45, 7) is 4.44. The molecule has 40 heavy (non-hydrogen) atoms. The van der Waals surface area contributed by atoms with Gasteiger partial charge in [-0.3, -0.25) is 19.1 Å². The summed E-state index contributed by atoms with van der Waals surface area (Å²) >= 11 is 12.2. The van der Waals surface area contributed by atoms with E-state index in [4.69, 9.17) is 23.2 Å². The first kappa shape index (κ1) is 29.8. The Morgan fingerprint density at radius 3 is 2.10 bits per heavy atom. The van der Waals surface area contributed by atoms with E-state index in [1.165, 1.54) is 6.20 Å². The molecule has 3 aromatic rings. The van der Waals surface area contributed by atoms with Gasteiger partial charge in [0.25, 0.3) is 5.91 Å². The van der Waals surface area contributed by atoms with Gasteiger partial charge in [0.1, 0.15) is 23.2 Å². The Morgan fingerprint density at radius 2 is 1.55 bits per heavy atom. The normalized spacial score (nSPS) is 18.9. The second-order valence-electron chi connectivity index (χ2n) is 10.5. The summed E-state index contributed by atoms with van der Waals surface area (Å²) in [6, 6.07) is 4.69. The van der Waals surface area contributed by atoms with Crippen molar-refractivity contribution in [2.24, 2.45) is 5.41 Å². The highest BCUT2D eigenvalue weighted by Crippen LogP contribution is 2.41. The average Bonchev–Trinajstić information content (AvgIpc) is 3.23. The summed E-state index contributed by atoms with van der Waals surface area (Å²) in [5, 5.41) is 3.99. The van der Waals surface area contributed by atoms with Crippen molar-refractivity contribution < 1.29 is 27.6 Å². The van der Waals surface area contributed by atoms with E-state index in [0.29, 0.717) is 37.4 Å². The second-order valence-corrected chi connectivity index (χ2v) is 11.4. The molecule has 1 saturated carbocycles. The van der Waals surface area contributed by atoms with Crippen molar-refractivity contribution in [2.45, 2.75) is 59.0 Å². The molecule has 0 aliphatic heterocycles. The van der Waals surface area contributed by atoms with Crippen LogP contribution in [-0.2, 0) is 11.3 Å². The smallest absolute Gasteiger partial charge is 0.258 e. The molecule has 0 radical (unpaired) electrons. The Labute approximate surface area is 240 Å². The van der Waals surface area contributed by atoms with Crippen LogP contribution >= 0.6 is 23.2 Å². The highest BCUT2D eigenvalue weighted by atomic mass is 35.5. The predicted molar refractivity (Wildman–Crippen MR) is 145 cm³/mol. The fourth-order valence-corrected chi connectivity index (χ4v) is 5.86. The SMILES string of the molecule is CC(=O)C1(C)CCC(n2ncc(C(=O)N(CC(=O)c3c(Cl)cc(F)cc3Cl)Cc3cc(F)cc(F)c3)c2C)CC1. The summed E-state index contributed by atoms with van der Waals surface area (Å²) in [5.41, 5.74) is 0.339. The molecule has 0 atom stereocenters. The summed E-state index contributed by atoms with van der Waals surface area (Å²) < 4.78 is 43.3. The Balaban J connectivity index is 1.64. The zero-order valence-corrected chi connectivity index (χ0v) is 23.8. The number of hydrogen-bond acceptors (Lipinski definition) is 4. The zero-order chi connectivity index (χ0) is 29.4. The van der Waals surface area contributed by atoms with Crippen LogP contribution in [0.3, 0.4) is 0 Å². The first-order valence-electron chi connectivity index (χ1n) is 12.8. The van der Waals surface area contributed by atoms with E-state index in [-0.39, 0.29) is 50.5 Å². The standard InChI is InChI=1S/C29H28Cl2F3N3O3/c1-16-23(13-35-37(16)22-4-6-29(3,7-5-22)17(2)38)28(40)36(14-18-8-19(32)10-20(33)9-18)15-26(39)27-24(30)11-21(34)12-25(27)31/h8-13,22H,4-7,14-15H2,1-3H3. The van der Waals surface area contributed by atoms with E-state index in [0.717, 1.165) is 29.2 Å². The third-order valence-electron chi connectivity index (χ3n) is 7.73. The quantitative estimate of drug-likeness (QED) is 0.260. The number of ketones is 2. The minimum Gasteiger partial charge on any atom is -0.326 e. The molecule has 0 unspecified atom stereocenters. The van der Waals surface area contributed by atoms with Crippen molar-refractivity contribution in [3.63, 3.8) is 0 Å². The first-order chi connectivity index (χ1) is 18.8. The van der Waals surface area contributed by atoms with Crippen molar-refractivity contribution in [1.82, 2.24) is 14.7 Å². The molecule has 1 aliphatic rings. The van der Waals surface area contributed by atoms with Crippen LogP contribution in [0.2, 0.25) is 10.0 Å². The number of carbonyl (C=O) groups excluding carboxylic acids is 3. The van der Waals surface area contributed by atoms with E-state index in [1.807, 2.05) is 6.92 Å². The zero-order valence-electron chi connectivity index (χ0n) is 22.2. The Kier molecular flexibility index (Phi) is 8.75. The molecule has 1 heterocycles. The van der Waals surface area contributed by atoms with E-state index in [1.54, 1.807) is 18.5 Å². The molecule has 0 spiro atoms. The maximum Gasteiger partial charge on any atom is 0.258 e. The van der Waals surface area contributed by atoms with Crippen molar-refractivity contribution >= 4 is 40.7 Å². The minimum atomic E-state index is -0.836. The largest absolute Gasteiger partial charge is 0.326 e. The summed E-state index contributed by atoms with van der Waals surface area (Å²) in [6.07, 6.45) is 4.20. The maximum absolute atomic E-state index is 13.9. The lowest BCUT2D eigenvalue weighted by molar-refractivity contribution is -0.127. The van der Waals surface area contributed by atoms with Gasteiger partial charge in [0.05, 0.1) is 40.0 Å². The number of hydrogen-bond donors (Lipinski definition) is 0. The van der Waals surface area contributed by atoms with E-state index in [2.05, 4.69) is 5.10 Å². The van der Waals surface area contributed by atoms with Crippen LogP contribution in [0.25, 0.3) is 0 Å². The van der Waals surface area contributed by atoms with Gasteiger partial charge in [-0.15, -0.1) is 0 Å². The summed E-state index contributed by atoms with van der Waals surface area (Å²) in [4.78, 5) is 40.2. The lowest BCUT2D eigenvalue weighted by Gasteiger charge is -2.35. The molecule has 0 N–H and O–H groups in total. The summed E-state index contributed by atoms with van der Waals surface area (Å²) in [7, 11) is 0. The minimum absolute atomic E-state index is 0.0156. The molecule has 1 fully saturated rings. The number of Topliss-reactive ketones (excluding diaryl/α,β-unsaturated/α-hetero) is 2. The molecule has 0 saturated heterocycles. The first-order valence-corrected chi connectivity index (χ1v) is 13.5. The maximum atomic E-state index is 13.9. The molecule has 212 valence electrons. The molecule has 2 aromatic carbocycles. The molecule has 0 bridgehead atoms. The molecule has 4 rings (SSSR count). The number of aromatic nitrogens is 2. The molecule has 1 aliphatic carbocycles. The van der Waals surface area contributed by atoms with Gasteiger partial charge in [-0.05, 0) is 69.4 Å². The number of amides is 1. The molecule has 1 aromatic heterocycles. The number of rotatable bonds is 8. The fourth-order valence-electron chi connectivity index (χ4n) is 5.19. The number of carbonyl (C=O) groups is 3. The van der Waals surface area contributed by atoms with Gasteiger partial charge in [0, 0.05) is 23.7 Å². The van der Waals surface area contributed by atoms with Crippen molar-refractivity contribution in [3.8, 4) is 0 Å². The number of halogens is 5. The average molecular weight is 594 g/mol. The van der Waals surface area contributed by atoms with Gasteiger partial charge >= 0.3 is 0 Å². The van der Waals surface area contributed by atoms with Crippen molar-refractivity contribution in [1.29, 1.82) is 0 Å². The number of nitrogens with zero attached hydrogens (tertiary/aromatic N) is 3. The second kappa shape index (κ2) is 11.7. The predicted octanol–water partition coefficient (Wildman–Crippen LogP) is 7.15. The highest BCUT2D eigenvalue weighted by Gasteiger charge is 2.36. The Morgan fingerprint density at radius 1 is 1.00 bits per heavy atom. The molecule has 11 heteroatoms. The van der Waals surface area contributed by atoms with Crippen molar-refractivity contribution in [2.75, 3.05) is 6.54 Å². The van der Waals surface area contributed by atoms with Crippen LogP contribution in [0.1, 0.15) is 77.5 Å². The monoisotopic (exact) mass is 593 g/mol. The molecular weight excluding hydrogens is 566 g/mol. The number of benzene rings is 2. The van der Waals surface area contributed by atoms with Crippen molar-refractivity contribution in [3.05, 3.63) is 86.4 Å². The van der Waals surface area contributed by atoms with Crippen LogP contribution in [0.15, 0.2) is 36.5 Å². The van der Waals surface area contributed by atoms with E-state index in [9.17, 15) is 27.6 Å². The molecule has 1 amide bonds. The Hall–Kier alpha value is -3.17. The van der Waals surface area contributed by atoms with Gasteiger partial charge in [-0.1, -0.05) is 30.1 Å². The van der Waals surface area contributed by atoms with Gasteiger partial charge < -0.3 is 4.90 Å². The van der Waals surface area contributed by atoms with Gasteiger partial charge in [-0.25, -0.2) is 13.2 Å². The van der Waals surface area contributed by atoms with E-state index < -0.39 is 35.7 Å². The van der Waals surface area contributed by atoms with Gasteiger partial charge in [0.15, 0.2) is 5.78 Å². The van der Waals surface area contributed by atoms with E-state index >= 15 is 0 Å². The highest BCUT2D eigenvalue weighted by molar-refractivity contribution is 6.40. The molecular formula is C29H28Cl2F3N3O3. The lowest BCUT2D eigenvalue weighted by atomic mass is 9.71. The van der Waals surface area contributed by atoms with Gasteiger partial charge in [-0.2, -0.15) is 5.10 Å². The van der Waals surface area contributed by atoms with Gasteiger partial charge in [0.2, 0.25) is 0 Å². The topological polar surface area (TPSA) is 72.3 Å².